The largest absolute Gasteiger partial charge is 0.340 e. The molecule has 3 aliphatic rings. The van der Waals surface area contributed by atoms with Gasteiger partial charge in [0.05, 0.1) is 34.2 Å². The minimum Gasteiger partial charge on any atom is -0.340 e. The van der Waals surface area contributed by atoms with Gasteiger partial charge in [-0.25, -0.2) is 4.57 Å². The molecule has 0 atom stereocenters. The third-order valence-corrected chi connectivity index (χ3v) is 11.6. The second-order valence-electron chi connectivity index (χ2n) is 15.8. The molecule has 0 unspecified atom stereocenters. The van der Waals surface area contributed by atoms with Crippen LogP contribution < -0.4 is 13.7 Å². The zero-order chi connectivity index (χ0) is 36.8. The van der Waals surface area contributed by atoms with E-state index in [0.717, 1.165) is 13.0 Å². The lowest BCUT2D eigenvalue weighted by Crippen LogP contribution is -2.45. The number of para-hydroxylation sites is 1. The minimum atomic E-state index is 0.482. The molecular formula is C50H45N4+3. The molecular weight excluding hydrogens is 657 g/mol. The van der Waals surface area contributed by atoms with Crippen LogP contribution in [0.25, 0.3) is 67.0 Å². The van der Waals surface area contributed by atoms with Crippen molar-refractivity contribution in [2.75, 3.05) is 0 Å². The molecule has 11 rings (SSSR count). The molecule has 0 amide bonds. The molecule has 262 valence electrons. The number of nitrogens with zero attached hydrogens (tertiary/aromatic N) is 4. The Morgan fingerprint density at radius 2 is 1.31 bits per heavy atom. The summed E-state index contributed by atoms with van der Waals surface area (Å²) in [6.45, 7) is 12.3. The molecule has 0 saturated heterocycles. The van der Waals surface area contributed by atoms with Crippen LogP contribution in [-0.2, 0) is 20.0 Å². The van der Waals surface area contributed by atoms with Gasteiger partial charge in [-0.3, -0.25) is 0 Å². The lowest BCUT2D eigenvalue weighted by molar-refractivity contribution is -0.660. The van der Waals surface area contributed by atoms with Gasteiger partial charge in [0.15, 0.2) is 17.6 Å². The normalized spacial score (nSPS) is 13.1. The van der Waals surface area contributed by atoms with Crippen molar-refractivity contribution in [2.45, 2.75) is 47.6 Å². The van der Waals surface area contributed by atoms with Crippen LogP contribution in [0.3, 0.4) is 0 Å². The van der Waals surface area contributed by atoms with Gasteiger partial charge in [-0.05, 0) is 85.0 Å². The van der Waals surface area contributed by atoms with Gasteiger partial charge < -0.3 is 4.57 Å². The van der Waals surface area contributed by atoms with Crippen molar-refractivity contribution in [2.24, 2.45) is 13.0 Å². The fourth-order valence-corrected chi connectivity index (χ4v) is 9.25. The first-order valence-corrected chi connectivity index (χ1v) is 19.3. The quantitative estimate of drug-likeness (QED) is 0.163. The number of aromatic nitrogens is 4. The number of aryl methyl sites for hydroxylation is 4. The highest BCUT2D eigenvalue weighted by molar-refractivity contribution is 6.11. The Morgan fingerprint density at radius 3 is 2.13 bits per heavy atom. The van der Waals surface area contributed by atoms with E-state index in [-0.39, 0.29) is 0 Å². The first-order valence-electron chi connectivity index (χ1n) is 19.3. The van der Waals surface area contributed by atoms with Crippen molar-refractivity contribution in [1.82, 2.24) is 4.57 Å². The highest BCUT2D eigenvalue weighted by Crippen LogP contribution is 2.43. The van der Waals surface area contributed by atoms with Crippen molar-refractivity contribution >= 4 is 33.2 Å². The van der Waals surface area contributed by atoms with Crippen molar-refractivity contribution in [3.05, 3.63) is 173 Å². The van der Waals surface area contributed by atoms with E-state index >= 15 is 0 Å². The Labute approximate surface area is 317 Å². The average Bonchev–Trinajstić information content (AvgIpc) is 3.65. The summed E-state index contributed by atoms with van der Waals surface area (Å²) < 4.78 is 10.00. The molecule has 7 heterocycles. The molecule has 0 saturated carbocycles. The van der Waals surface area contributed by atoms with Crippen LogP contribution in [0.5, 0.6) is 0 Å². The van der Waals surface area contributed by atoms with E-state index in [2.05, 4.69) is 194 Å². The molecule has 2 bridgehead atoms. The van der Waals surface area contributed by atoms with Gasteiger partial charge in [0.25, 0.3) is 11.4 Å². The predicted octanol–water partition coefficient (Wildman–Crippen LogP) is 9.92. The van der Waals surface area contributed by atoms with E-state index in [4.69, 9.17) is 0 Å². The third kappa shape index (κ3) is 4.86. The molecule has 3 aliphatic heterocycles. The maximum Gasteiger partial charge on any atom is 0.292 e. The van der Waals surface area contributed by atoms with E-state index in [9.17, 15) is 0 Å². The summed E-state index contributed by atoms with van der Waals surface area (Å²) in [5.74, 6) is 0.482. The summed E-state index contributed by atoms with van der Waals surface area (Å²) >= 11 is 0. The topological polar surface area (TPSA) is 16.6 Å². The molecule has 0 radical (unpaired) electrons. The van der Waals surface area contributed by atoms with Crippen molar-refractivity contribution in [3.8, 4) is 33.8 Å². The Bertz CT molecular complexity index is 2900. The van der Waals surface area contributed by atoms with Crippen LogP contribution in [0.1, 0.15) is 53.1 Å². The number of benzene rings is 4. The van der Waals surface area contributed by atoms with Crippen LogP contribution in [0.4, 0.5) is 0 Å². The monoisotopic (exact) mass is 701 g/mol. The lowest BCUT2D eigenvalue weighted by atomic mass is 9.93. The minimum absolute atomic E-state index is 0.482. The Balaban J connectivity index is 1.48. The van der Waals surface area contributed by atoms with Crippen LogP contribution in [0.15, 0.2) is 134 Å². The van der Waals surface area contributed by atoms with Gasteiger partial charge >= 0.3 is 0 Å². The van der Waals surface area contributed by atoms with E-state index < -0.39 is 0 Å². The van der Waals surface area contributed by atoms with E-state index in [1.807, 2.05) is 0 Å². The maximum atomic E-state index is 2.57. The third-order valence-electron chi connectivity index (χ3n) is 11.6. The molecule has 4 aromatic carbocycles. The number of rotatable bonds is 4. The summed E-state index contributed by atoms with van der Waals surface area (Å²) in [6.07, 6.45) is 3.04. The van der Waals surface area contributed by atoms with Crippen molar-refractivity contribution in [3.63, 3.8) is 0 Å². The summed E-state index contributed by atoms with van der Waals surface area (Å²) in [7, 11) is 2.18. The Kier molecular flexibility index (Phi) is 7.35. The molecule has 8 aromatic rings. The molecule has 4 nitrogen and oxygen atoms in total. The summed E-state index contributed by atoms with van der Waals surface area (Å²) in [6, 6.07) is 48.3. The van der Waals surface area contributed by atoms with Crippen LogP contribution in [0, 0.1) is 26.7 Å². The van der Waals surface area contributed by atoms with Gasteiger partial charge in [0, 0.05) is 71.7 Å². The zero-order valence-electron chi connectivity index (χ0n) is 32.0. The Hall–Kier alpha value is -6.13. The highest BCUT2D eigenvalue weighted by atomic mass is 15.1. The maximum absolute atomic E-state index is 2.57. The first-order chi connectivity index (χ1) is 26.3. The second kappa shape index (κ2) is 12.2. The molecule has 0 fully saturated rings. The molecule has 0 aliphatic carbocycles. The second-order valence-corrected chi connectivity index (χ2v) is 15.8. The zero-order valence-corrected chi connectivity index (χ0v) is 32.0. The van der Waals surface area contributed by atoms with Crippen molar-refractivity contribution in [1.29, 1.82) is 0 Å². The molecule has 0 spiro atoms. The van der Waals surface area contributed by atoms with Gasteiger partial charge in [0.2, 0.25) is 17.1 Å². The number of hydrogen-bond donors (Lipinski definition) is 0. The van der Waals surface area contributed by atoms with Crippen molar-refractivity contribution < 1.29 is 13.7 Å². The van der Waals surface area contributed by atoms with Gasteiger partial charge in [0.1, 0.15) is 7.05 Å². The van der Waals surface area contributed by atoms with Crippen LogP contribution in [-0.4, -0.2) is 4.57 Å². The average molecular weight is 702 g/mol. The predicted molar refractivity (Wildman–Crippen MR) is 220 cm³/mol. The summed E-state index contributed by atoms with van der Waals surface area (Å²) in [4.78, 5) is 0. The lowest BCUT2D eigenvalue weighted by Gasteiger charge is -2.16. The fraction of sp³-hybridized carbons (Fsp3) is 0.180. The number of fused-ring (bicyclic) bond motifs is 7. The summed E-state index contributed by atoms with van der Waals surface area (Å²) in [5, 5.41) is 2.58. The van der Waals surface area contributed by atoms with E-state index in [0.29, 0.717) is 5.92 Å². The van der Waals surface area contributed by atoms with Crippen LogP contribution >= 0.6 is 0 Å². The smallest absolute Gasteiger partial charge is 0.292 e. The van der Waals surface area contributed by atoms with Crippen LogP contribution in [0.2, 0.25) is 0 Å². The summed E-state index contributed by atoms with van der Waals surface area (Å²) in [5.41, 5.74) is 21.1. The molecule has 4 aromatic heterocycles. The van der Waals surface area contributed by atoms with Gasteiger partial charge in [-0.1, -0.05) is 56.3 Å². The fourth-order valence-electron chi connectivity index (χ4n) is 9.25. The van der Waals surface area contributed by atoms with Gasteiger partial charge in [-0.15, -0.1) is 0 Å². The van der Waals surface area contributed by atoms with Gasteiger partial charge in [-0.2, -0.15) is 9.13 Å². The molecule has 4 heteroatoms. The van der Waals surface area contributed by atoms with E-state index in [1.165, 1.54) is 106 Å². The Morgan fingerprint density at radius 1 is 0.574 bits per heavy atom. The number of hydrogen-bond acceptors (Lipinski definition) is 0. The molecule has 54 heavy (non-hydrogen) atoms. The first kappa shape index (κ1) is 32.5. The SMILES string of the molecule is Cc1cc[n+](C)c(-c2cc3c4ccccc4n(CC(C)C)c3cc2C2=C3c4ccccc4-c4cccc([n+]43)Cc3ccc(c(C)c3)-c3cccc(C)[n+]32)c1. The molecule has 0 N–H and O–H groups in total. The standard InChI is InChI=1S/C50H45N4/c1-31(2)30-52-44-18-10-9-16-39(44)41-28-42(47-25-32(3)23-24-51(47)6)43(29-48(41)52)50-49-40-17-8-7-15-38(40)46-20-12-14-36(54(46)49)27-35-21-22-37(33(4)26-35)45-19-11-13-34(5)53(45)50/h7-26,28-29,31H,27,30H2,1-6H3/q+3. The highest BCUT2D eigenvalue weighted by Gasteiger charge is 2.44. The number of pyridine rings is 3. The van der Waals surface area contributed by atoms with E-state index in [1.54, 1.807) is 0 Å².